The number of phenols is 1. The summed E-state index contributed by atoms with van der Waals surface area (Å²) in [5.41, 5.74) is 1.07. The first-order valence-electron chi connectivity index (χ1n) is 6.77. The van der Waals surface area contributed by atoms with Crippen molar-refractivity contribution in [1.29, 1.82) is 0 Å². The summed E-state index contributed by atoms with van der Waals surface area (Å²) in [7, 11) is 0. The standard InChI is InChI=1S/C15H22FNO/c1-11(2)10-17-7-5-12(6-8-17)13-3-4-14(16)15(18)9-13/h3-4,9,11-12,18H,5-8,10H2,1-2H3. The number of halogens is 1. The van der Waals surface area contributed by atoms with Gasteiger partial charge in [0, 0.05) is 6.54 Å². The van der Waals surface area contributed by atoms with Gasteiger partial charge in [-0.2, -0.15) is 0 Å². The Labute approximate surface area is 108 Å². The van der Waals surface area contributed by atoms with E-state index in [0.29, 0.717) is 11.8 Å². The number of phenolic OH excluding ortho intramolecular Hbond substituents is 1. The summed E-state index contributed by atoms with van der Waals surface area (Å²) >= 11 is 0. The van der Waals surface area contributed by atoms with Crippen molar-refractivity contribution in [3.8, 4) is 5.75 Å². The number of hydrogen-bond donors (Lipinski definition) is 1. The number of benzene rings is 1. The van der Waals surface area contributed by atoms with Crippen molar-refractivity contribution in [2.24, 2.45) is 5.92 Å². The molecule has 100 valence electrons. The van der Waals surface area contributed by atoms with Gasteiger partial charge in [-0.05, 0) is 55.5 Å². The molecule has 0 bridgehead atoms. The van der Waals surface area contributed by atoms with Crippen molar-refractivity contribution in [3.05, 3.63) is 29.6 Å². The first-order valence-corrected chi connectivity index (χ1v) is 6.77. The Bertz CT molecular complexity index is 397. The Morgan fingerprint density at radius 2 is 2.00 bits per heavy atom. The summed E-state index contributed by atoms with van der Waals surface area (Å²) < 4.78 is 13.0. The highest BCUT2D eigenvalue weighted by Crippen LogP contribution is 2.30. The van der Waals surface area contributed by atoms with Crippen molar-refractivity contribution < 1.29 is 9.50 Å². The molecule has 1 N–H and O–H groups in total. The van der Waals surface area contributed by atoms with Crippen LogP contribution in [0.15, 0.2) is 18.2 Å². The Morgan fingerprint density at radius 1 is 1.33 bits per heavy atom. The molecule has 0 amide bonds. The fourth-order valence-corrected chi connectivity index (χ4v) is 2.75. The van der Waals surface area contributed by atoms with E-state index in [1.54, 1.807) is 12.1 Å². The van der Waals surface area contributed by atoms with Gasteiger partial charge in [-0.25, -0.2) is 4.39 Å². The monoisotopic (exact) mass is 251 g/mol. The van der Waals surface area contributed by atoms with Crippen molar-refractivity contribution in [2.75, 3.05) is 19.6 Å². The average Bonchev–Trinajstić information content (AvgIpc) is 2.33. The zero-order valence-corrected chi connectivity index (χ0v) is 11.2. The van der Waals surface area contributed by atoms with E-state index in [2.05, 4.69) is 18.7 Å². The number of nitrogens with zero attached hydrogens (tertiary/aromatic N) is 1. The summed E-state index contributed by atoms with van der Waals surface area (Å²) in [6.45, 7) is 7.83. The minimum atomic E-state index is -0.531. The largest absolute Gasteiger partial charge is 0.505 e. The fourth-order valence-electron chi connectivity index (χ4n) is 2.75. The van der Waals surface area contributed by atoms with Gasteiger partial charge in [-0.1, -0.05) is 19.9 Å². The Hall–Kier alpha value is -1.09. The zero-order chi connectivity index (χ0) is 13.1. The third-order valence-electron chi connectivity index (χ3n) is 3.65. The molecule has 0 spiro atoms. The lowest BCUT2D eigenvalue weighted by molar-refractivity contribution is 0.192. The second-order valence-corrected chi connectivity index (χ2v) is 5.68. The van der Waals surface area contributed by atoms with Crippen LogP contribution in [0.25, 0.3) is 0 Å². The molecule has 0 radical (unpaired) electrons. The number of hydrogen-bond acceptors (Lipinski definition) is 2. The van der Waals surface area contributed by atoms with E-state index in [-0.39, 0.29) is 5.75 Å². The molecule has 1 saturated heterocycles. The smallest absolute Gasteiger partial charge is 0.164 e. The predicted octanol–water partition coefficient (Wildman–Crippen LogP) is 3.37. The number of piperidine rings is 1. The van der Waals surface area contributed by atoms with Crippen LogP contribution < -0.4 is 0 Å². The molecule has 2 rings (SSSR count). The van der Waals surface area contributed by atoms with Gasteiger partial charge in [-0.3, -0.25) is 0 Å². The van der Waals surface area contributed by atoms with Crippen LogP contribution in [0.3, 0.4) is 0 Å². The number of rotatable bonds is 3. The van der Waals surface area contributed by atoms with Gasteiger partial charge in [0.2, 0.25) is 0 Å². The summed E-state index contributed by atoms with van der Waals surface area (Å²) in [6, 6.07) is 4.75. The molecule has 1 aliphatic heterocycles. The molecule has 1 aliphatic rings. The lowest BCUT2D eigenvalue weighted by Gasteiger charge is -2.33. The summed E-state index contributed by atoms with van der Waals surface area (Å²) in [5, 5.41) is 9.42. The van der Waals surface area contributed by atoms with Gasteiger partial charge in [0.25, 0.3) is 0 Å². The van der Waals surface area contributed by atoms with Gasteiger partial charge < -0.3 is 10.0 Å². The van der Waals surface area contributed by atoms with Crippen LogP contribution in [-0.4, -0.2) is 29.6 Å². The first kappa shape index (κ1) is 13.3. The normalized spacial score (nSPS) is 18.4. The van der Waals surface area contributed by atoms with Gasteiger partial charge in [-0.15, -0.1) is 0 Å². The molecule has 1 heterocycles. The van der Waals surface area contributed by atoms with Gasteiger partial charge in [0.15, 0.2) is 11.6 Å². The Kier molecular flexibility index (Phi) is 4.23. The minimum absolute atomic E-state index is 0.225. The molecule has 0 aliphatic carbocycles. The predicted molar refractivity (Wildman–Crippen MR) is 71.3 cm³/mol. The van der Waals surface area contributed by atoms with E-state index < -0.39 is 5.82 Å². The average molecular weight is 251 g/mol. The third kappa shape index (κ3) is 3.22. The number of aromatic hydroxyl groups is 1. The second-order valence-electron chi connectivity index (χ2n) is 5.68. The summed E-state index contributed by atoms with van der Waals surface area (Å²) in [5.74, 6) is 0.407. The minimum Gasteiger partial charge on any atom is -0.505 e. The van der Waals surface area contributed by atoms with Gasteiger partial charge >= 0.3 is 0 Å². The highest BCUT2D eigenvalue weighted by molar-refractivity contribution is 5.31. The SMILES string of the molecule is CC(C)CN1CCC(c2ccc(F)c(O)c2)CC1. The van der Waals surface area contributed by atoms with E-state index in [1.807, 2.05) is 0 Å². The molecule has 1 aromatic rings. The first-order chi connectivity index (χ1) is 8.56. The van der Waals surface area contributed by atoms with E-state index in [0.717, 1.165) is 38.0 Å². The van der Waals surface area contributed by atoms with Crippen molar-refractivity contribution >= 4 is 0 Å². The third-order valence-corrected chi connectivity index (χ3v) is 3.65. The van der Waals surface area contributed by atoms with Crippen molar-refractivity contribution in [3.63, 3.8) is 0 Å². The summed E-state index contributed by atoms with van der Waals surface area (Å²) in [4.78, 5) is 2.49. The second kappa shape index (κ2) is 5.70. The topological polar surface area (TPSA) is 23.5 Å². The van der Waals surface area contributed by atoms with E-state index >= 15 is 0 Å². The van der Waals surface area contributed by atoms with Crippen LogP contribution in [0.2, 0.25) is 0 Å². The maximum atomic E-state index is 13.0. The van der Waals surface area contributed by atoms with Crippen LogP contribution in [0, 0.1) is 11.7 Å². The van der Waals surface area contributed by atoms with Gasteiger partial charge in [0.1, 0.15) is 0 Å². The fraction of sp³-hybridized carbons (Fsp3) is 0.600. The van der Waals surface area contributed by atoms with Crippen LogP contribution in [0.4, 0.5) is 4.39 Å². The van der Waals surface area contributed by atoms with E-state index in [9.17, 15) is 9.50 Å². The van der Waals surface area contributed by atoms with Gasteiger partial charge in [0.05, 0.1) is 0 Å². The maximum absolute atomic E-state index is 13.0. The molecule has 0 unspecified atom stereocenters. The van der Waals surface area contributed by atoms with Crippen LogP contribution in [0.5, 0.6) is 5.75 Å². The molecule has 0 aromatic heterocycles. The van der Waals surface area contributed by atoms with Crippen LogP contribution in [0.1, 0.15) is 38.2 Å². The highest BCUT2D eigenvalue weighted by atomic mass is 19.1. The molecule has 2 nitrogen and oxygen atoms in total. The summed E-state index contributed by atoms with van der Waals surface area (Å²) in [6.07, 6.45) is 2.19. The lowest BCUT2D eigenvalue weighted by atomic mass is 9.89. The van der Waals surface area contributed by atoms with E-state index in [1.165, 1.54) is 6.07 Å². The highest BCUT2D eigenvalue weighted by Gasteiger charge is 2.21. The van der Waals surface area contributed by atoms with Crippen molar-refractivity contribution in [1.82, 2.24) is 4.90 Å². The van der Waals surface area contributed by atoms with Crippen molar-refractivity contribution in [2.45, 2.75) is 32.6 Å². The maximum Gasteiger partial charge on any atom is 0.164 e. The molecule has 1 fully saturated rings. The van der Waals surface area contributed by atoms with Crippen LogP contribution in [-0.2, 0) is 0 Å². The molecule has 0 atom stereocenters. The lowest BCUT2D eigenvalue weighted by Crippen LogP contribution is -2.35. The molecule has 3 heteroatoms. The Balaban J connectivity index is 1.94. The molecule has 18 heavy (non-hydrogen) atoms. The van der Waals surface area contributed by atoms with Crippen LogP contribution >= 0.6 is 0 Å². The Morgan fingerprint density at radius 3 is 2.56 bits per heavy atom. The number of likely N-dealkylation sites (tertiary alicyclic amines) is 1. The quantitative estimate of drug-likeness (QED) is 0.890. The molecular formula is C15H22FNO. The zero-order valence-electron chi connectivity index (χ0n) is 11.2. The van der Waals surface area contributed by atoms with E-state index in [4.69, 9.17) is 0 Å². The molecule has 0 saturated carbocycles. The molecular weight excluding hydrogens is 229 g/mol. The molecule has 1 aromatic carbocycles.